The Morgan fingerprint density at radius 1 is 1.00 bits per heavy atom. The zero-order chi connectivity index (χ0) is 14.2. The molecule has 2 heterocycles. The van der Waals surface area contributed by atoms with E-state index < -0.39 is 0 Å². The van der Waals surface area contributed by atoms with E-state index in [2.05, 4.69) is 54.7 Å². The van der Waals surface area contributed by atoms with Crippen LogP contribution in [0.3, 0.4) is 0 Å². The van der Waals surface area contributed by atoms with Crippen LogP contribution >= 0.6 is 0 Å². The van der Waals surface area contributed by atoms with Gasteiger partial charge in [0.05, 0.1) is 5.69 Å². The van der Waals surface area contributed by atoms with Crippen molar-refractivity contribution in [2.24, 2.45) is 0 Å². The number of nitrogens with one attached hydrogen (secondary N) is 1. The van der Waals surface area contributed by atoms with E-state index in [1.54, 1.807) is 0 Å². The van der Waals surface area contributed by atoms with Crippen LogP contribution in [0.4, 0.5) is 0 Å². The maximum atomic E-state index is 4.84. The first-order valence-electron chi connectivity index (χ1n) is 7.38. The van der Waals surface area contributed by atoms with Crippen LogP contribution in [0.1, 0.15) is 17.0 Å². The van der Waals surface area contributed by atoms with Crippen molar-refractivity contribution in [3.63, 3.8) is 0 Å². The second kappa shape index (κ2) is 4.93. The Labute approximate surface area is 124 Å². The Morgan fingerprint density at radius 3 is 2.81 bits per heavy atom. The highest BCUT2D eigenvalue weighted by Crippen LogP contribution is 2.28. The van der Waals surface area contributed by atoms with Gasteiger partial charge in [0.25, 0.3) is 0 Å². The molecule has 0 saturated carbocycles. The summed E-state index contributed by atoms with van der Waals surface area (Å²) in [7, 11) is 0. The molecule has 1 aromatic heterocycles. The average Bonchev–Trinajstić information content (AvgIpc) is 2.54. The minimum absolute atomic E-state index is 0.852. The van der Waals surface area contributed by atoms with Crippen molar-refractivity contribution in [1.82, 2.24) is 15.3 Å². The van der Waals surface area contributed by atoms with Gasteiger partial charge in [-0.1, -0.05) is 42.5 Å². The molecule has 104 valence electrons. The van der Waals surface area contributed by atoms with Gasteiger partial charge in [-0.15, -0.1) is 0 Å². The molecule has 0 bridgehead atoms. The van der Waals surface area contributed by atoms with Gasteiger partial charge >= 0.3 is 0 Å². The Bertz CT molecular complexity index is 819. The minimum Gasteiger partial charge on any atom is -0.312 e. The van der Waals surface area contributed by atoms with E-state index in [1.165, 1.54) is 22.0 Å². The quantitative estimate of drug-likeness (QED) is 0.741. The van der Waals surface area contributed by atoms with E-state index >= 15 is 0 Å². The lowest BCUT2D eigenvalue weighted by atomic mass is 10.0. The SMILES string of the molecule is Cc1nc(-c2cccc3ccccc23)nc2c1CNCC2. The molecule has 1 aliphatic rings. The van der Waals surface area contributed by atoms with Crippen molar-refractivity contribution < 1.29 is 0 Å². The van der Waals surface area contributed by atoms with Gasteiger partial charge in [-0.3, -0.25) is 0 Å². The molecule has 1 N–H and O–H groups in total. The first-order chi connectivity index (χ1) is 10.3. The molecular weight excluding hydrogens is 258 g/mol. The van der Waals surface area contributed by atoms with E-state index in [9.17, 15) is 0 Å². The van der Waals surface area contributed by atoms with Crippen LogP contribution in [-0.2, 0) is 13.0 Å². The Kier molecular flexibility index (Phi) is 2.93. The zero-order valence-corrected chi connectivity index (χ0v) is 12.1. The number of fused-ring (bicyclic) bond motifs is 2. The van der Waals surface area contributed by atoms with Crippen LogP contribution in [0, 0.1) is 6.92 Å². The molecule has 1 aliphatic heterocycles. The molecule has 3 heteroatoms. The molecule has 0 saturated heterocycles. The summed E-state index contributed by atoms with van der Waals surface area (Å²) in [4.78, 5) is 9.60. The summed E-state index contributed by atoms with van der Waals surface area (Å²) in [6.07, 6.45) is 0.983. The maximum Gasteiger partial charge on any atom is 0.160 e. The van der Waals surface area contributed by atoms with Crippen LogP contribution in [0.2, 0.25) is 0 Å². The Hall–Kier alpha value is -2.26. The zero-order valence-electron chi connectivity index (χ0n) is 12.1. The molecule has 0 spiro atoms. The van der Waals surface area contributed by atoms with Crippen LogP contribution in [-0.4, -0.2) is 16.5 Å². The van der Waals surface area contributed by atoms with Crippen molar-refractivity contribution >= 4 is 10.8 Å². The minimum atomic E-state index is 0.852. The lowest BCUT2D eigenvalue weighted by Crippen LogP contribution is -2.26. The fourth-order valence-electron chi connectivity index (χ4n) is 3.05. The average molecular weight is 275 g/mol. The topological polar surface area (TPSA) is 37.8 Å². The number of aryl methyl sites for hydroxylation is 1. The number of hydrogen-bond donors (Lipinski definition) is 1. The van der Waals surface area contributed by atoms with Gasteiger partial charge in [0.1, 0.15) is 0 Å². The predicted molar refractivity (Wildman–Crippen MR) is 85.1 cm³/mol. The van der Waals surface area contributed by atoms with Crippen molar-refractivity contribution in [2.75, 3.05) is 6.54 Å². The molecule has 4 rings (SSSR count). The monoisotopic (exact) mass is 275 g/mol. The number of hydrogen-bond acceptors (Lipinski definition) is 3. The van der Waals surface area contributed by atoms with Crippen LogP contribution in [0.15, 0.2) is 42.5 Å². The summed E-state index contributed by atoms with van der Waals surface area (Å²) in [5.74, 6) is 0.852. The van der Waals surface area contributed by atoms with E-state index in [-0.39, 0.29) is 0 Å². The maximum absolute atomic E-state index is 4.84. The van der Waals surface area contributed by atoms with E-state index in [4.69, 9.17) is 9.97 Å². The first-order valence-corrected chi connectivity index (χ1v) is 7.38. The van der Waals surface area contributed by atoms with Crippen molar-refractivity contribution in [3.8, 4) is 11.4 Å². The smallest absolute Gasteiger partial charge is 0.160 e. The molecule has 0 fully saturated rings. The molecule has 21 heavy (non-hydrogen) atoms. The summed E-state index contributed by atoms with van der Waals surface area (Å²) < 4.78 is 0. The van der Waals surface area contributed by atoms with E-state index in [1.807, 2.05) is 0 Å². The fourth-order valence-corrected chi connectivity index (χ4v) is 3.05. The predicted octanol–water partition coefficient (Wildman–Crippen LogP) is 3.25. The van der Waals surface area contributed by atoms with Gasteiger partial charge < -0.3 is 5.32 Å². The molecule has 0 amide bonds. The first kappa shape index (κ1) is 12.5. The summed E-state index contributed by atoms with van der Waals surface area (Å²) in [6, 6.07) is 14.7. The highest BCUT2D eigenvalue weighted by molar-refractivity contribution is 5.95. The third kappa shape index (κ3) is 2.10. The Balaban J connectivity index is 1.95. The molecule has 0 unspecified atom stereocenters. The van der Waals surface area contributed by atoms with Crippen molar-refractivity contribution in [1.29, 1.82) is 0 Å². The molecule has 3 nitrogen and oxygen atoms in total. The molecule has 0 aliphatic carbocycles. The van der Waals surface area contributed by atoms with E-state index in [0.29, 0.717) is 0 Å². The second-order valence-corrected chi connectivity index (χ2v) is 5.51. The van der Waals surface area contributed by atoms with Crippen LogP contribution in [0.5, 0.6) is 0 Å². The van der Waals surface area contributed by atoms with Crippen molar-refractivity contribution in [2.45, 2.75) is 19.9 Å². The highest BCUT2D eigenvalue weighted by Gasteiger charge is 2.16. The summed E-state index contributed by atoms with van der Waals surface area (Å²) in [6.45, 7) is 3.97. The highest BCUT2D eigenvalue weighted by atomic mass is 14.9. The molecule has 2 aromatic carbocycles. The molecule has 0 atom stereocenters. The summed E-state index contributed by atoms with van der Waals surface area (Å²) in [5.41, 5.74) is 4.68. The Morgan fingerprint density at radius 2 is 1.86 bits per heavy atom. The summed E-state index contributed by atoms with van der Waals surface area (Å²) in [5, 5.41) is 5.84. The number of rotatable bonds is 1. The number of aromatic nitrogens is 2. The summed E-state index contributed by atoms with van der Waals surface area (Å²) >= 11 is 0. The lowest BCUT2D eigenvalue weighted by molar-refractivity contribution is 0.622. The third-order valence-corrected chi connectivity index (χ3v) is 4.17. The van der Waals surface area contributed by atoms with Gasteiger partial charge in [-0.2, -0.15) is 0 Å². The van der Waals surface area contributed by atoms with Crippen molar-refractivity contribution in [3.05, 3.63) is 59.4 Å². The van der Waals surface area contributed by atoms with Crippen LogP contribution in [0.25, 0.3) is 22.2 Å². The van der Waals surface area contributed by atoms with Gasteiger partial charge in [0, 0.05) is 36.3 Å². The fraction of sp³-hybridized carbons (Fsp3) is 0.222. The third-order valence-electron chi connectivity index (χ3n) is 4.17. The molecule has 0 radical (unpaired) electrons. The molecular formula is C18H17N3. The van der Waals surface area contributed by atoms with Gasteiger partial charge in [-0.25, -0.2) is 9.97 Å². The van der Waals surface area contributed by atoms with Crippen LogP contribution < -0.4 is 5.32 Å². The number of nitrogens with zero attached hydrogens (tertiary/aromatic N) is 2. The molecule has 3 aromatic rings. The van der Waals surface area contributed by atoms with E-state index in [0.717, 1.165) is 36.6 Å². The normalized spacial score (nSPS) is 14.1. The van der Waals surface area contributed by atoms with Gasteiger partial charge in [-0.05, 0) is 17.7 Å². The second-order valence-electron chi connectivity index (χ2n) is 5.51. The number of benzene rings is 2. The van der Waals surface area contributed by atoms with Gasteiger partial charge in [0.15, 0.2) is 5.82 Å². The van der Waals surface area contributed by atoms with Gasteiger partial charge in [0.2, 0.25) is 0 Å². The largest absolute Gasteiger partial charge is 0.312 e. The standard InChI is InChI=1S/C18H17N3/c1-12-16-11-19-10-9-17(16)21-18(20-12)15-8-4-6-13-5-2-3-7-14(13)15/h2-8,19H,9-11H2,1H3. The lowest BCUT2D eigenvalue weighted by Gasteiger charge is -2.19.